The Balaban J connectivity index is 2.59. The van der Waals surface area contributed by atoms with Crippen LogP contribution in [0.1, 0.15) is 12.0 Å². The summed E-state index contributed by atoms with van der Waals surface area (Å²) in [4.78, 5) is 0. The zero-order valence-corrected chi connectivity index (χ0v) is 9.01. The maximum Gasteiger partial charge on any atom is 0.0641 e. The molecule has 2 nitrogen and oxygen atoms in total. The lowest BCUT2D eigenvalue weighted by atomic mass is 10.2. The number of nitrogen functional groups attached to an aromatic ring is 1. The summed E-state index contributed by atoms with van der Waals surface area (Å²) in [5.74, 6) is 0. The monoisotopic (exact) mass is 210 g/mol. The van der Waals surface area contributed by atoms with Crippen LogP contribution in [-0.2, 0) is 0 Å². The number of hydrogen-bond acceptors (Lipinski definition) is 2. The molecule has 0 aromatic heterocycles. The molecule has 0 fully saturated rings. The van der Waals surface area contributed by atoms with Crippen molar-refractivity contribution >= 4 is 23.4 Å². The van der Waals surface area contributed by atoms with Crippen molar-refractivity contribution in [3.63, 3.8) is 0 Å². The summed E-state index contributed by atoms with van der Waals surface area (Å²) in [6.07, 6.45) is 5.17. The van der Waals surface area contributed by atoms with Crippen molar-refractivity contribution in [2.24, 2.45) is 0 Å². The van der Waals surface area contributed by atoms with Crippen LogP contribution in [0.25, 0.3) is 6.08 Å². The molecule has 3 N–H and O–H groups in total. The average molecular weight is 211 g/mol. The zero-order chi connectivity index (χ0) is 10.4. The van der Waals surface area contributed by atoms with E-state index >= 15 is 0 Å². The number of hydrogen-bond donors (Lipinski definition) is 2. The Hall–Kier alpha value is -0.990. The summed E-state index contributed by atoms with van der Waals surface area (Å²) < 4.78 is 0. The Labute approximate surface area is 89.8 Å². The largest absolute Gasteiger partial charge is 0.398 e. The van der Waals surface area contributed by atoms with Gasteiger partial charge in [0.15, 0.2) is 0 Å². The molecule has 3 heteroatoms. The average Bonchev–Trinajstić information content (AvgIpc) is 2.18. The van der Waals surface area contributed by atoms with Crippen molar-refractivity contribution in [1.82, 2.24) is 5.32 Å². The minimum Gasteiger partial charge on any atom is -0.398 e. The fraction of sp³-hybridized carbons (Fsp3) is 0.273. The zero-order valence-electron chi connectivity index (χ0n) is 8.26. The van der Waals surface area contributed by atoms with Crippen LogP contribution in [0.4, 0.5) is 5.69 Å². The summed E-state index contributed by atoms with van der Waals surface area (Å²) in [5, 5.41) is 3.69. The van der Waals surface area contributed by atoms with E-state index in [4.69, 9.17) is 17.3 Å². The van der Waals surface area contributed by atoms with E-state index < -0.39 is 0 Å². The van der Waals surface area contributed by atoms with Gasteiger partial charge < -0.3 is 11.1 Å². The summed E-state index contributed by atoms with van der Waals surface area (Å²) in [6, 6.07) is 5.64. The lowest BCUT2D eigenvalue weighted by Gasteiger charge is -1.98. The third kappa shape index (κ3) is 3.40. The standard InChI is InChI=1S/C11H15ClN2/c1-14-7-3-2-4-9-5-6-11(13)10(12)8-9/h2,4-6,8,14H,3,7,13H2,1H3. The molecule has 0 aliphatic heterocycles. The molecular weight excluding hydrogens is 196 g/mol. The summed E-state index contributed by atoms with van der Waals surface area (Å²) >= 11 is 5.88. The second kappa shape index (κ2) is 5.68. The maximum absolute atomic E-state index is 5.88. The van der Waals surface area contributed by atoms with Gasteiger partial charge in [0.2, 0.25) is 0 Å². The molecule has 14 heavy (non-hydrogen) atoms. The van der Waals surface area contributed by atoms with Gasteiger partial charge in [0, 0.05) is 0 Å². The molecule has 0 atom stereocenters. The fourth-order valence-electron chi connectivity index (χ4n) is 1.09. The number of anilines is 1. The van der Waals surface area contributed by atoms with Crippen LogP contribution in [0.15, 0.2) is 24.3 Å². The van der Waals surface area contributed by atoms with Gasteiger partial charge in [-0.15, -0.1) is 0 Å². The third-order valence-corrected chi connectivity index (χ3v) is 2.22. The van der Waals surface area contributed by atoms with Crippen LogP contribution in [-0.4, -0.2) is 13.6 Å². The molecule has 0 radical (unpaired) electrons. The first kappa shape index (κ1) is 11.1. The molecule has 0 amide bonds. The van der Waals surface area contributed by atoms with Gasteiger partial charge in [-0.3, -0.25) is 0 Å². The van der Waals surface area contributed by atoms with Crippen LogP contribution in [0.2, 0.25) is 5.02 Å². The Morgan fingerprint density at radius 3 is 2.93 bits per heavy atom. The molecule has 0 saturated heterocycles. The van der Waals surface area contributed by atoms with Crippen molar-refractivity contribution in [2.75, 3.05) is 19.3 Å². The smallest absolute Gasteiger partial charge is 0.0641 e. The SMILES string of the molecule is CNCCC=Cc1ccc(N)c(Cl)c1. The van der Waals surface area contributed by atoms with Crippen LogP contribution < -0.4 is 11.1 Å². The lowest BCUT2D eigenvalue weighted by molar-refractivity contribution is 0.809. The molecule has 0 aliphatic rings. The Kier molecular flexibility index (Phi) is 4.50. The molecule has 1 aromatic rings. The van der Waals surface area contributed by atoms with Gasteiger partial charge >= 0.3 is 0 Å². The van der Waals surface area contributed by atoms with E-state index in [1.165, 1.54) is 0 Å². The van der Waals surface area contributed by atoms with Crippen LogP contribution in [0.3, 0.4) is 0 Å². The first-order valence-electron chi connectivity index (χ1n) is 4.60. The van der Waals surface area contributed by atoms with Gasteiger partial charge in [-0.05, 0) is 37.7 Å². The minimum atomic E-state index is 0.612. The molecular formula is C11H15ClN2. The van der Waals surface area contributed by atoms with Crippen LogP contribution in [0, 0.1) is 0 Å². The predicted octanol–water partition coefficient (Wildman–Crippen LogP) is 2.54. The quantitative estimate of drug-likeness (QED) is 0.592. The summed E-state index contributed by atoms with van der Waals surface area (Å²) in [7, 11) is 1.94. The highest BCUT2D eigenvalue weighted by atomic mass is 35.5. The minimum absolute atomic E-state index is 0.612. The summed E-state index contributed by atoms with van der Waals surface area (Å²) in [5.41, 5.74) is 7.31. The van der Waals surface area contributed by atoms with Gasteiger partial charge in [0.05, 0.1) is 10.7 Å². The Bertz CT molecular complexity index is 321. The Morgan fingerprint density at radius 2 is 2.29 bits per heavy atom. The topological polar surface area (TPSA) is 38.0 Å². The van der Waals surface area contributed by atoms with E-state index in [1.54, 1.807) is 0 Å². The van der Waals surface area contributed by atoms with Gasteiger partial charge in [0.25, 0.3) is 0 Å². The molecule has 0 aliphatic carbocycles. The highest BCUT2D eigenvalue weighted by molar-refractivity contribution is 6.33. The van der Waals surface area contributed by atoms with Crippen molar-refractivity contribution in [1.29, 1.82) is 0 Å². The van der Waals surface area contributed by atoms with E-state index in [0.29, 0.717) is 10.7 Å². The molecule has 0 spiro atoms. The highest BCUT2D eigenvalue weighted by Crippen LogP contribution is 2.20. The van der Waals surface area contributed by atoms with Crippen molar-refractivity contribution < 1.29 is 0 Å². The molecule has 0 heterocycles. The molecule has 0 bridgehead atoms. The molecule has 76 valence electrons. The fourth-order valence-corrected chi connectivity index (χ4v) is 1.28. The van der Waals surface area contributed by atoms with E-state index in [9.17, 15) is 0 Å². The molecule has 0 unspecified atom stereocenters. The lowest BCUT2D eigenvalue weighted by Crippen LogP contribution is -2.05. The van der Waals surface area contributed by atoms with E-state index in [-0.39, 0.29) is 0 Å². The predicted molar refractivity (Wildman–Crippen MR) is 63.4 cm³/mol. The van der Waals surface area contributed by atoms with Crippen molar-refractivity contribution in [3.8, 4) is 0 Å². The maximum atomic E-state index is 5.88. The normalized spacial score (nSPS) is 11.0. The van der Waals surface area contributed by atoms with Crippen molar-refractivity contribution in [2.45, 2.75) is 6.42 Å². The van der Waals surface area contributed by atoms with Gasteiger partial charge in [-0.1, -0.05) is 29.8 Å². The second-order valence-electron chi connectivity index (χ2n) is 3.08. The number of halogens is 1. The highest BCUT2D eigenvalue weighted by Gasteiger charge is 1.94. The van der Waals surface area contributed by atoms with E-state index in [2.05, 4.69) is 11.4 Å². The molecule has 1 aromatic carbocycles. The number of rotatable bonds is 4. The first-order valence-corrected chi connectivity index (χ1v) is 4.98. The number of nitrogens with two attached hydrogens (primary N) is 1. The molecule has 0 saturated carbocycles. The van der Waals surface area contributed by atoms with E-state index in [1.807, 2.05) is 31.3 Å². The second-order valence-corrected chi connectivity index (χ2v) is 3.48. The Morgan fingerprint density at radius 1 is 1.50 bits per heavy atom. The third-order valence-electron chi connectivity index (χ3n) is 1.90. The first-order chi connectivity index (χ1) is 6.74. The van der Waals surface area contributed by atoms with Crippen LogP contribution in [0.5, 0.6) is 0 Å². The van der Waals surface area contributed by atoms with Gasteiger partial charge in [-0.2, -0.15) is 0 Å². The van der Waals surface area contributed by atoms with Crippen LogP contribution >= 0.6 is 11.6 Å². The van der Waals surface area contributed by atoms with Gasteiger partial charge in [0.1, 0.15) is 0 Å². The van der Waals surface area contributed by atoms with Crippen molar-refractivity contribution in [3.05, 3.63) is 34.9 Å². The number of nitrogens with one attached hydrogen (secondary N) is 1. The van der Waals surface area contributed by atoms with E-state index in [0.717, 1.165) is 18.5 Å². The summed E-state index contributed by atoms with van der Waals surface area (Å²) in [6.45, 7) is 0.985. The number of benzene rings is 1. The van der Waals surface area contributed by atoms with Gasteiger partial charge in [-0.25, -0.2) is 0 Å². The molecule has 1 rings (SSSR count).